The molecule has 0 saturated carbocycles. The first-order chi connectivity index (χ1) is 21.6. The zero-order valence-corrected chi connectivity index (χ0v) is 26.4. The maximum atomic E-state index is 14.1. The van der Waals surface area contributed by atoms with Gasteiger partial charge in [-0.15, -0.1) is 0 Å². The van der Waals surface area contributed by atoms with Crippen LogP contribution in [0.2, 0.25) is 0 Å². The minimum atomic E-state index is -0.652. The Hall–Kier alpha value is -4.73. The number of imide groups is 1. The molecule has 1 aliphatic rings. The fourth-order valence-corrected chi connectivity index (χ4v) is 5.57. The number of piperidine rings is 1. The predicted molar refractivity (Wildman–Crippen MR) is 170 cm³/mol. The summed E-state index contributed by atoms with van der Waals surface area (Å²) < 4.78 is 11.0. The zero-order chi connectivity index (χ0) is 32.0. The number of benzene rings is 3. The summed E-state index contributed by atoms with van der Waals surface area (Å²) in [5.41, 5.74) is 1.32. The lowest BCUT2D eigenvalue weighted by Crippen LogP contribution is -2.52. The van der Waals surface area contributed by atoms with Crippen molar-refractivity contribution in [3.05, 3.63) is 95.6 Å². The lowest BCUT2D eigenvalue weighted by atomic mass is 9.96. The van der Waals surface area contributed by atoms with Crippen LogP contribution in [0.5, 0.6) is 0 Å². The van der Waals surface area contributed by atoms with Gasteiger partial charge < -0.3 is 19.5 Å². The van der Waals surface area contributed by atoms with Crippen molar-refractivity contribution in [2.45, 2.75) is 65.0 Å². The summed E-state index contributed by atoms with van der Waals surface area (Å²) in [7, 11) is 0. The average Bonchev–Trinajstić information content (AvgIpc) is 3.46. The van der Waals surface area contributed by atoms with Crippen molar-refractivity contribution in [3.63, 3.8) is 0 Å². The van der Waals surface area contributed by atoms with E-state index in [0.717, 1.165) is 21.9 Å². The third-order valence-corrected chi connectivity index (χ3v) is 7.79. The van der Waals surface area contributed by atoms with E-state index in [1.165, 1.54) is 4.90 Å². The molecule has 3 aromatic carbocycles. The number of aromatic nitrogens is 2. The molecular formula is C35H41N5O5. The van der Waals surface area contributed by atoms with Crippen LogP contribution in [0.3, 0.4) is 0 Å². The van der Waals surface area contributed by atoms with E-state index in [1.807, 2.05) is 87.5 Å². The van der Waals surface area contributed by atoms with Crippen molar-refractivity contribution in [3.8, 4) is 0 Å². The third kappa shape index (κ3) is 8.47. The van der Waals surface area contributed by atoms with Gasteiger partial charge in [-0.3, -0.25) is 9.69 Å². The molecule has 1 fully saturated rings. The number of carbonyl (C=O) groups is 3. The molecule has 4 aromatic rings. The molecule has 4 amide bonds. The Morgan fingerprint density at radius 2 is 1.76 bits per heavy atom. The Labute approximate surface area is 263 Å². The van der Waals surface area contributed by atoms with Crippen LogP contribution in [-0.2, 0) is 22.4 Å². The number of carbonyl (C=O) groups excluding carboxylic acids is 3. The van der Waals surface area contributed by atoms with Crippen molar-refractivity contribution in [2.75, 3.05) is 19.6 Å². The Kier molecular flexibility index (Phi) is 9.80. The molecule has 0 radical (unpaired) electrons. The lowest BCUT2D eigenvalue weighted by molar-refractivity contribution is -0.134. The van der Waals surface area contributed by atoms with Gasteiger partial charge in [-0.25, -0.2) is 9.59 Å². The van der Waals surface area contributed by atoms with Gasteiger partial charge in [0.25, 0.3) is 0 Å². The predicted octanol–water partition coefficient (Wildman–Crippen LogP) is 6.24. The molecule has 0 spiro atoms. The van der Waals surface area contributed by atoms with Gasteiger partial charge in [0.1, 0.15) is 11.6 Å². The lowest BCUT2D eigenvalue weighted by Gasteiger charge is -2.35. The molecule has 1 saturated heterocycles. The topological polar surface area (TPSA) is 118 Å². The van der Waals surface area contributed by atoms with Gasteiger partial charge in [0.2, 0.25) is 11.8 Å². The minimum Gasteiger partial charge on any atom is -0.444 e. The summed E-state index contributed by atoms with van der Waals surface area (Å²) in [4.78, 5) is 48.3. The largest absolute Gasteiger partial charge is 0.444 e. The van der Waals surface area contributed by atoms with Crippen molar-refractivity contribution >= 4 is 28.8 Å². The Morgan fingerprint density at radius 3 is 2.47 bits per heavy atom. The minimum absolute atomic E-state index is 0.160. The average molecular weight is 612 g/mol. The summed E-state index contributed by atoms with van der Waals surface area (Å²) in [6.07, 6.45) is 1.61. The van der Waals surface area contributed by atoms with E-state index in [-0.39, 0.29) is 24.9 Å². The fourth-order valence-electron chi connectivity index (χ4n) is 5.57. The van der Waals surface area contributed by atoms with Crippen LogP contribution in [0.4, 0.5) is 9.59 Å². The smallest absolute Gasteiger partial charge is 0.410 e. The molecule has 0 unspecified atom stereocenters. The van der Waals surface area contributed by atoms with Crippen molar-refractivity contribution in [1.82, 2.24) is 25.3 Å². The van der Waals surface area contributed by atoms with E-state index in [4.69, 9.17) is 9.26 Å². The molecule has 2 heterocycles. The van der Waals surface area contributed by atoms with Crippen LogP contribution in [0.15, 0.2) is 77.3 Å². The molecule has 236 valence electrons. The van der Waals surface area contributed by atoms with Crippen molar-refractivity contribution in [1.29, 1.82) is 0 Å². The van der Waals surface area contributed by atoms with E-state index in [1.54, 1.807) is 11.8 Å². The second-order valence-electron chi connectivity index (χ2n) is 12.6. The SMILES string of the molecule is Cc1noc([C@@H](Cc2ccccc2)NC(=O)N(CCc2ccc3ccccc3c2)C(=O)[C@@H]2CCCN(C(=O)OC(C)(C)C)C2)n1. The molecule has 0 bridgehead atoms. The number of amides is 4. The molecule has 45 heavy (non-hydrogen) atoms. The number of urea groups is 1. The first-order valence-corrected chi connectivity index (χ1v) is 15.5. The highest BCUT2D eigenvalue weighted by Gasteiger charge is 2.36. The van der Waals surface area contributed by atoms with E-state index in [2.05, 4.69) is 21.5 Å². The normalized spacial score (nSPS) is 15.8. The van der Waals surface area contributed by atoms with Crippen LogP contribution in [0.25, 0.3) is 10.8 Å². The monoisotopic (exact) mass is 611 g/mol. The van der Waals surface area contributed by atoms with Crippen LogP contribution in [0, 0.1) is 12.8 Å². The Morgan fingerprint density at radius 1 is 1.02 bits per heavy atom. The van der Waals surface area contributed by atoms with Gasteiger partial charge in [-0.05, 0) is 68.9 Å². The number of rotatable bonds is 8. The molecular weight excluding hydrogens is 570 g/mol. The van der Waals surface area contributed by atoms with Crippen LogP contribution in [0.1, 0.15) is 62.5 Å². The molecule has 1 N–H and O–H groups in total. The quantitative estimate of drug-likeness (QED) is 0.251. The second kappa shape index (κ2) is 13.9. The highest BCUT2D eigenvalue weighted by Crippen LogP contribution is 2.24. The number of aryl methyl sites for hydroxylation is 1. The van der Waals surface area contributed by atoms with Gasteiger partial charge in [0.05, 0.1) is 5.92 Å². The zero-order valence-electron chi connectivity index (χ0n) is 26.4. The number of nitrogens with one attached hydrogen (secondary N) is 1. The van der Waals surface area contributed by atoms with Crippen molar-refractivity contribution < 1.29 is 23.6 Å². The summed E-state index contributed by atoms with van der Waals surface area (Å²) in [6.45, 7) is 7.99. The Balaban J connectivity index is 1.38. The van der Waals surface area contributed by atoms with Gasteiger partial charge in [0, 0.05) is 26.1 Å². The standard InChI is InChI=1S/C35H41N5O5/c1-24-36-31(45-38-24)30(22-25-11-6-5-7-12-25)37-33(42)40(20-18-26-16-17-27-13-8-9-14-28(27)21-26)32(41)29-15-10-19-39(23-29)34(43)44-35(2,3)4/h5-9,11-14,16-17,21,29-30H,10,15,18-20,22-23H2,1-4H3,(H,37,42)/t29-,30-/m1/s1. The molecule has 0 aliphatic carbocycles. The van der Waals surface area contributed by atoms with Crippen LogP contribution < -0.4 is 5.32 Å². The van der Waals surface area contributed by atoms with E-state index >= 15 is 0 Å². The summed E-state index contributed by atoms with van der Waals surface area (Å²) >= 11 is 0. The van der Waals surface area contributed by atoms with Gasteiger partial charge in [0.15, 0.2) is 5.82 Å². The van der Waals surface area contributed by atoms with E-state index < -0.39 is 29.7 Å². The van der Waals surface area contributed by atoms with Crippen molar-refractivity contribution in [2.24, 2.45) is 5.92 Å². The van der Waals surface area contributed by atoms with E-state index in [0.29, 0.717) is 38.1 Å². The number of likely N-dealkylation sites (tertiary alicyclic amines) is 1. The van der Waals surface area contributed by atoms with Gasteiger partial charge in [-0.2, -0.15) is 4.98 Å². The number of hydrogen-bond acceptors (Lipinski definition) is 7. The van der Waals surface area contributed by atoms with Crippen LogP contribution >= 0.6 is 0 Å². The second-order valence-corrected chi connectivity index (χ2v) is 12.6. The van der Waals surface area contributed by atoms with Crippen LogP contribution in [-0.4, -0.2) is 63.2 Å². The molecule has 1 aromatic heterocycles. The Bertz CT molecular complexity index is 1630. The third-order valence-electron chi connectivity index (χ3n) is 7.79. The molecule has 10 nitrogen and oxygen atoms in total. The van der Waals surface area contributed by atoms with Gasteiger partial charge >= 0.3 is 12.1 Å². The van der Waals surface area contributed by atoms with E-state index in [9.17, 15) is 14.4 Å². The molecule has 2 atom stereocenters. The molecule has 5 rings (SSSR count). The molecule has 1 aliphatic heterocycles. The highest BCUT2D eigenvalue weighted by molar-refractivity contribution is 5.96. The van der Waals surface area contributed by atoms with Gasteiger partial charge in [-0.1, -0.05) is 78.0 Å². The molecule has 10 heteroatoms. The maximum Gasteiger partial charge on any atom is 0.410 e. The maximum absolute atomic E-state index is 14.1. The number of nitrogens with zero attached hydrogens (tertiary/aromatic N) is 4. The number of ether oxygens (including phenoxy) is 1. The summed E-state index contributed by atoms with van der Waals surface area (Å²) in [6, 6.07) is 22.7. The first-order valence-electron chi connectivity index (χ1n) is 15.5. The summed E-state index contributed by atoms with van der Waals surface area (Å²) in [5.74, 6) is -0.167. The number of fused-ring (bicyclic) bond motifs is 1. The fraction of sp³-hybridized carbons (Fsp3) is 0.400. The first kappa shape index (κ1) is 31.7. The summed E-state index contributed by atoms with van der Waals surface area (Å²) in [5, 5.41) is 9.14. The number of hydrogen-bond donors (Lipinski definition) is 1. The highest BCUT2D eigenvalue weighted by atomic mass is 16.6.